The van der Waals surface area contributed by atoms with Gasteiger partial charge in [-0.15, -0.1) is 0 Å². The molecule has 0 bridgehead atoms. The van der Waals surface area contributed by atoms with E-state index in [1.165, 1.54) is 0 Å². The SMILES string of the molecule is CCC(c1nc(Cc2ccc(OC)nc2)no1)C(C)NC. The highest BCUT2D eigenvalue weighted by molar-refractivity contribution is 5.20. The number of likely N-dealkylation sites (N-methyl/N-ethyl adjacent to an activating group) is 1. The smallest absolute Gasteiger partial charge is 0.231 e. The lowest BCUT2D eigenvalue weighted by Crippen LogP contribution is -2.28. The molecule has 0 fully saturated rings. The number of methoxy groups -OCH3 is 1. The summed E-state index contributed by atoms with van der Waals surface area (Å²) >= 11 is 0. The van der Waals surface area contributed by atoms with Crippen LogP contribution in [-0.4, -0.2) is 35.3 Å². The zero-order chi connectivity index (χ0) is 15.2. The molecule has 0 aliphatic heterocycles. The average molecular weight is 290 g/mol. The van der Waals surface area contributed by atoms with Crippen molar-refractivity contribution in [1.82, 2.24) is 20.4 Å². The van der Waals surface area contributed by atoms with Gasteiger partial charge in [0.15, 0.2) is 5.82 Å². The third kappa shape index (κ3) is 3.78. The maximum atomic E-state index is 5.41. The van der Waals surface area contributed by atoms with Crippen LogP contribution in [0.15, 0.2) is 22.9 Å². The molecule has 2 atom stereocenters. The van der Waals surface area contributed by atoms with Crippen molar-refractivity contribution in [1.29, 1.82) is 0 Å². The van der Waals surface area contributed by atoms with E-state index in [9.17, 15) is 0 Å². The van der Waals surface area contributed by atoms with Gasteiger partial charge in [0.1, 0.15) is 0 Å². The predicted octanol–water partition coefficient (Wildman–Crippen LogP) is 2.17. The van der Waals surface area contributed by atoms with Crippen LogP contribution in [0.25, 0.3) is 0 Å². The Kier molecular flexibility index (Phi) is 5.27. The molecule has 0 aliphatic rings. The van der Waals surface area contributed by atoms with Crippen LogP contribution < -0.4 is 10.1 Å². The summed E-state index contributed by atoms with van der Waals surface area (Å²) in [6.45, 7) is 4.24. The molecule has 2 unspecified atom stereocenters. The lowest BCUT2D eigenvalue weighted by Gasteiger charge is -2.17. The summed E-state index contributed by atoms with van der Waals surface area (Å²) in [5.74, 6) is 2.20. The Labute approximate surface area is 124 Å². The Hall–Kier alpha value is -1.95. The Bertz CT molecular complexity index is 553. The molecular formula is C15H22N4O2. The molecule has 6 heteroatoms. The largest absolute Gasteiger partial charge is 0.481 e. The molecule has 0 saturated heterocycles. The van der Waals surface area contributed by atoms with Gasteiger partial charge in [-0.25, -0.2) is 4.98 Å². The molecule has 1 N–H and O–H groups in total. The van der Waals surface area contributed by atoms with Gasteiger partial charge in [-0.1, -0.05) is 18.1 Å². The van der Waals surface area contributed by atoms with Crippen molar-refractivity contribution in [3.8, 4) is 5.88 Å². The Balaban J connectivity index is 2.08. The molecule has 0 aliphatic carbocycles. The topological polar surface area (TPSA) is 73.1 Å². The first-order valence-electron chi connectivity index (χ1n) is 7.16. The van der Waals surface area contributed by atoms with Crippen LogP contribution in [0.5, 0.6) is 5.88 Å². The second-order valence-corrected chi connectivity index (χ2v) is 5.03. The van der Waals surface area contributed by atoms with Crippen molar-refractivity contribution >= 4 is 0 Å². The molecule has 6 nitrogen and oxygen atoms in total. The highest BCUT2D eigenvalue weighted by atomic mass is 16.5. The summed E-state index contributed by atoms with van der Waals surface area (Å²) in [6.07, 6.45) is 3.32. The highest BCUT2D eigenvalue weighted by Crippen LogP contribution is 2.22. The van der Waals surface area contributed by atoms with Crippen molar-refractivity contribution in [2.75, 3.05) is 14.2 Å². The first-order chi connectivity index (χ1) is 10.2. The summed E-state index contributed by atoms with van der Waals surface area (Å²) in [7, 11) is 3.54. The number of nitrogens with zero attached hydrogens (tertiary/aromatic N) is 3. The third-order valence-corrected chi connectivity index (χ3v) is 3.67. The summed E-state index contributed by atoms with van der Waals surface area (Å²) < 4.78 is 10.5. The number of ether oxygens (including phenoxy) is 1. The Morgan fingerprint density at radius 2 is 2.19 bits per heavy atom. The minimum atomic E-state index is 0.227. The third-order valence-electron chi connectivity index (χ3n) is 3.67. The molecular weight excluding hydrogens is 268 g/mol. The molecule has 0 aromatic carbocycles. The standard InChI is InChI=1S/C15H22N4O2/c1-5-12(10(2)16-3)15-18-13(19-21-15)8-11-6-7-14(20-4)17-9-11/h6-7,9-10,12,16H,5,8H2,1-4H3. The Morgan fingerprint density at radius 1 is 1.38 bits per heavy atom. The zero-order valence-electron chi connectivity index (χ0n) is 13.0. The van der Waals surface area contributed by atoms with Gasteiger partial charge in [-0.3, -0.25) is 0 Å². The lowest BCUT2D eigenvalue weighted by atomic mass is 9.98. The fraction of sp³-hybridized carbons (Fsp3) is 0.533. The number of aromatic nitrogens is 3. The van der Waals surface area contributed by atoms with Crippen LogP contribution >= 0.6 is 0 Å². The van der Waals surface area contributed by atoms with Gasteiger partial charge < -0.3 is 14.6 Å². The number of rotatable bonds is 7. The van der Waals surface area contributed by atoms with Gasteiger partial charge in [-0.05, 0) is 26.0 Å². The normalized spacial score (nSPS) is 13.9. The molecule has 2 rings (SSSR count). The van der Waals surface area contributed by atoms with E-state index in [0.29, 0.717) is 30.1 Å². The summed E-state index contributed by atoms with van der Waals surface area (Å²) in [6, 6.07) is 4.08. The van der Waals surface area contributed by atoms with Crippen LogP contribution in [0.1, 0.15) is 43.5 Å². The monoisotopic (exact) mass is 290 g/mol. The number of nitrogens with one attached hydrogen (secondary N) is 1. The quantitative estimate of drug-likeness (QED) is 0.842. The number of hydrogen-bond acceptors (Lipinski definition) is 6. The van der Waals surface area contributed by atoms with Crippen molar-refractivity contribution < 1.29 is 9.26 Å². The van der Waals surface area contributed by atoms with Crippen molar-refractivity contribution in [3.63, 3.8) is 0 Å². The fourth-order valence-corrected chi connectivity index (χ4v) is 2.25. The first kappa shape index (κ1) is 15.4. The average Bonchev–Trinajstić information content (AvgIpc) is 2.96. The van der Waals surface area contributed by atoms with E-state index in [1.807, 2.05) is 19.2 Å². The van der Waals surface area contributed by atoms with E-state index in [0.717, 1.165) is 12.0 Å². The van der Waals surface area contributed by atoms with Gasteiger partial charge in [-0.2, -0.15) is 4.98 Å². The molecule has 114 valence electrons. The van der Waals surface area contributed by atoms with Gasteiger partial charge in [0.05, 0.1) is 13.0 Å². The van der Waals surface area contributed by atoms with E-state index >= 15 is 0 Å². The number of pyridine rings is 1. The van der Waals surface area contributed by atoms with Gasteiger partial charge in [0.2, 0.25) is 11.8 Å². The molecule has 0 spiro atoms. The second-order valence-electron chi connectivity index (χ2n) is 5.03. The van der Waals surface area contributed by atoms with Gasteiger partial charge in [0, 0.05) is 24.7 Å². The first-order valence-corrected chi connectivity index (χ1v) is 7.16. The van der Waals surface area contributed by atoms with Crippen molar-refractivity contribution in [2.24, 2.45) is 0 Å². The van der Waals surface area contributed by atoms with E-state index in [-0.39, 0.29) is 5.92 Å². The van der Waals surface area contributed by atoms with Crippen LogP contribution in [0.3, 0.4) is 0 Å². The summed E-state index contributed by atoms with van der Waals surface area (Å²) in [5.41, 5.74) is 1.03. The van der Waals surface area contributed by atoms with Crippen molar-refractivity contribution in [2.45, 2.75) is 38.6 Å². The van der Waals surface area contributed by atoms with E-state index in [4.69, 9.17) is 9.26 Å². The second kappa shape index (κ2) is 7.17. The molecule has 21 heavy (non-hydrogen) atoms. The minimum absolute atomic E-state index is 0.227. The zero-order valence-corrected chi connectivity index (χ0v) is 13.0. The van der Waals surface area contributed by atoms with Crippen LogP contribution in [0.4, 0.5) is 0 Å². The Morgan fingerprint density at radius 3 is 2.76 bits per heavy atom. The molecule has 2 aromatic heterocycles. The molecule has 2 aromatic rings. The van der Waals surface area contributed by atoms with Crippen molar-refractivity contribution in [3.05, 3.63) is 35.6 Å². The maximum Gasteiger partial charge on any atom is 0.231 e. The molecule has 2 heterocycles. The summed E-state index contributed by atoms with van der Waals surface area (Å²) in [5, 5.41) is 7.30. The summed E-state index contributed by atoms with van der Waals surface area (Å²) in [4.78, 5) is 8.69. The van der Waals surface area contributed by atoms with E-state index in [2.05, 4.69) is 34.3 Å². The predicted molar refractivity (Wildman–Crippen MR) is 79.4 cm³/mol. The number of hydrogen-bond donors (Lipinski definition) is 1. The fourth-order valence-electron chi connectivity index (χ4n) is 2.25. The van der Waals surface area contributed by atoms with Gasteiger partial charge >= 0.3 is 0 Å². The minimum Gasteiger partial charge on any atom is -0.481 e. The highest BCUT2D eigenvalue weighted by Gasteiger charge is 2.22. The van der Waals surface area contributed by atoms with E-state index in [1.54, 1.807) is 13.3 Å². The lowest BCUT2D eigenvalue weighted by molar-refractivity contribution is 0.320. The molecule has 0 radical (unpaired) electrons. The molecule has 0 amide bonds. The maximum absolute atomic E-state index is 5.41. The van der Waals surface area contributed by atoms with E-state index < -0.39 is 0 Å². The van der Waals surface area contributed by atoms with Gasteiger partial charge in [0.25, 0.3) is 0 Å². The van der Waals surface area contributed by atoms with Crippen LogP contribution in [-0.2, 0) is 6.42 Å². The molecule has 0 saturated carbocycles. The van der Waals surface area contributed by atoms with Crippen LogP contribution in [0.2, 0.25) is 0 Å². The van der Waals surface area contributed by atoms with Crippen LogP contribution in [0, 0.1) is 0 Å².